The molecule has 0 saturated heterocycles. The molecule has 1 fully saturated rings. The summed E-state index contributed by atoms with van der Waals surface area (Å²) in [6.07, 6.45) is 5.26. The number of carbonyl (C=O) groups is 1. The maximum absolute atomic E-state index is 15.1. The molecule has 10 heteroatoms. The van der Waals surface area contributed by atoms with Gasteiger partial charge in [0.25, 0.3) is 5.91 Å². The molecule has 1 atom stereocenters. The number of anilines is 3. The molecule has 0 aliphatic heterocycles. The number of aromatic nitrogens is 4. The third-order valence-electron chi connectivity index (χ3n) is 6.00. The van der Waals surface area contributed by atoms with Crippen molar-refractivity contribution in [1.29, 1.82) is 0 Å². The predicted octanol–water partition coefficient (Wildman–Crippen LogP) is 5.20. The Morgan fingerprint density at radius 1 is 1.14 bits per heavy atom. The number of benzene rings is 1. The van der Waals surface area contributed by atoms with Gasteiger partial charge < -0.3 is 16.0 Å². The Kier molecular flexibility index (Phi) is 6.57. The minimum absolute atomic E-state index is 0.0000102. The zero-order valence-electron chi connectivity index (χ0n) is 19.6. The molecule has 0 radical (unpaired) electrons. The molecule has 1 amide bonds. The maximum Gasteiger partial charge on any atom is 0.253 e. The third kappa shape index (κ3) is 5.48. The maximum atomic E-state index is 15.1. The minimum Gasteiger partial charge on any atom is -0.363 e. The van der Waals surface area contributed by atoms with Gasteiger partial charge in [-0.1, -0.05) is 12.1 Å². The van der Waals surface area contributed by atoms with Gasteiger partial charge in [0.05, 0.1) is 5.56 Å². The molecule has 4 N–H and O–H groups in total. The van der Waals surface area contributed by atoms with Gasteiger partial charge in [-0.3, -0.25) is 14.9 Å². The highest BCUT2D eigenvalue weighted by Crippen LogP contribution is 2.39. The fraction of sp³-hybridized carbons (Fsp3) is 0.231. The summed E-state index contributed by atoms with van der Waals surface area (Å²) in [5.41, 5.74) is 2.67. The molecule has 8 nitrogen and oxygen atoms in total. The first-order valence-electron chi connectivity index (χ1n) is 11.7. The van der Waals surface area contributed by atoms with Gasteiger partial charge in [-0.05, 0) is 55.7 Å². The van der Waals surface area contributed by atoms with Crippen LogP contribution in [0.2, 0.25) is 0 Å². The molecule has 4 aromatic rings. The lowest BCUT2D eigenvalue weighted by atomic mass is 10.1. The number of hydrogen-bond acceptors (Lipinski definition) is 6. The number of nitrogens with zero attached hydrogens (tertiary/aromatic N) is 3. The number of H-pyrrole nitrogens is 1. The van der Waals surface area contributed by atoms with Crippen LogP contribution in [0.1, 0.15) is 58.9 Å². The lowest BCUT2D eigenvalue weighted by molar-refractivity contribution is 0.0950. The molecule has 3 heterocycles. The molecule has 36 heavy (non-hydrogen) atoms. The fourth-order valence-electron chi connectivity index (χ4n) is 3.81. The highest BCUT2D eigenvalue weighted by atomic mass is 19.1. The van der Waals surface area contributed by atoms with Gasteiger partial charge in [-0.25, -0.2) is 13.8 Å². The summed E-state index contributed by atoms with van der Waals surface area (Å²) in [6.45, 7) is 1.92. The highest BCUT2D eigenvalue weighted by Gasteiger charge is 2.26. The van der Waals surface area contributed by atoms with Crippen molar-refractivity contribution in [3.63, 3.8) is 0 Å². The topological polar surface area (TPSA) is 108 Å². The summed E-state index contributed by atoms with van der Waals surface area (Å²) in [5, 5.41) is 16.2. The second kappa shape index (κ2) is 10.1. The predicted molar refractivity (Wildman–Crippen MR) is 132 cm³/mol. The van der Waals surface area contributed by atoms with Gasteiger partial charge >= 0.3 is 0 Å². The van der Waals surface area contributed by atoms with E-state index in [1.54, 1.807) is 30.5 Å². The lowest BCUT2D eigenvalue weighted by Gasteiger charge is -2.19. The standard InChI is InChI=1S/C26H25F2N7O/c1-15(16-6-8-20(27)9-7-16)31-24-19(14-30-26(36)18-3-2-10-29-13-18)11-21(28)25(33-24)32-23-12-22(34-35-23)17-4-5-17/h2-3,6-13,15,17H,4-5,14H2,1H3,(H,30,36)(H3,31,32,33,34,35)/t15-/m0/s1. The van der Waals surface area contributed by atoms with E-state index >= 15 is 4.39 Å². The number of nitrogens with one attached hydrogen (secondary N) is 4. The average Bonchev–Trinajstić information content (AvgIpc) is 3.64. The highest BCUT2D eigenvalue weighted by molar-refractivity contribution is 5.93. The van der Waals surface area contributed by atoms with Gasteiger partial charge in [-0.2, -0.15) is 5.10 Å². The van der Waals surface area contributed by atoms with Crippen molar-refractivity contribution in [2.75, 3.05) is 10.6 Å². The normalized spacial score (nSPS) is 13.8. The zero-order valence-corrected chi connectivity index (χ0v) is 19.6. The first-order chi connectivity index (χ1) is 17.5. The van der Waals surface area contributed by atoms with Gasteiger partial charge in [0, 0.05) is 48.2 Å². The van der Waals surface area contributed by atoms with Crippen molar-refractivity contribution in [1.82, 2.24) is 25.5 Å². The van der Waals surface area contributed by atoms with Crippen molar-refractivity contribution in [2.45, 2.75) is 38.3 Å². The Morgan fingerprint density at radius 2 is 1.94 bits per heavy atom. The molecule has 0 spiro atoms. The summed E-state index contributed by atoms with van der Waals surface area (Å²) < 4.78 is 28.5. The second-order valence-electron chi connectivity index (χ2n) is 8.78. The number of aromatic amines is 1. The molecule has 1 saturated carbocycles. The van der Waals surface area contributed by atoms with Crippen LogP contribution in [-0.2, 0) is 6.54 Å². The molecule has 0 bridgehead atoms. The van der Waals surface area contributed by atoms with E-state index < -0.39 is 5.82 Å². The van der Waals surface area contributed by atoms with E-state index in [4.69, 9.17) is 0 Å². The van der Waals surface area contributed by atoms with Crippen LogP contribution in [0.25, 0.3) is 0 Å². The Morgan fingerprint density at radius 3 is 2.67 bits per heavy atom. The molecular formula is C26H25F2N7O. The number of amides is 1. The Labute approximate surface area is 206 Å². The van der Waals surface area contributed by atoms with E-state index in [9.17, 15) is 9.18 Å². The largest absolute Gasteiger partial charge is 0.363 e. The third-order valence-corrected chi connectivity index (χ3v) is 6.00. The SMILES string of the molecule is C[C@H](Nc1nc(Nc2cc(C3CC3)[nH]n2)c(F)cc1CNC(=O)c1cccnc1)c1ccc(F)cc1. The first-order valence-corrected chi connectivity index (χ1v) is 11.7. The molecule has 184 valence electrons. The van der Waals surface area contributed by atoms with Crippen LogP contribution in [0, 0.1) is 11.6 Å². The molecule has 1 aliphatic carbocycles. The smallest absolute Gasteiger partial charge is 0.253 e. The molecular weight excluding hydrogens is 464 g/mol. The number of rotatable bonds is 9. The quantitative estimate of drug-likeness (QED) is 0.257. The van der Waals surface area contributed by atoms with E-state index in [0.29, 0.717) is 28.7 Å². The summed E-state index contributed by atoms with van der Waals surface area (Å²) in [6, 6.07) is 12.3. The van der Waals surface area contributed by atoms with Crippen LogP contribution < -0.4 is 16.0 Å². The van der Waals surface area contributed by atoms with Crippen LogP contribution in [0.5, 0.6) is 0 Å². The Bertz CT molecular complexity index is 1350. The number of hydrogen-bond donors (Lipinski definition) is 4. The molecule has 1 aromatic carbocycles. The summed E-state index contributed by atoms with van der Waals surface area (Å²) >= 11 is 0. The number of carbonyl (C=O) groups excluding carboxylic acids is 1. The summed E-state index contributed by atoms with van der Waals surface area (Å²) in [4.78, 5) is 20.9. The van der Waals surface area contributed by atoms with Crippen LogP contribution in [-0.4, -0.2) is 26.1 Å². The number of pyridine rings is 2. The van der Waals surface area contributed by atoms with E-state index in [1.807, 2.05) is 13.0 Å². The van der Waals surface area contributed by atoms with Gasteiger partial charge in [0.15, 0.2) is 17.5 Å². The monoisotopic (exact) mass is 489 g/mol. The van der Waals surface area contributed by atoms with E-state index in [1.165, 1.54) is 24.4 Å². The van der Waals surface area contributed by atoms with Crippen LogP contribution in [0.15, 0.2) is 60.9 Å². The van der Waals surface area contributed by atoms with Crippen molar-refractivity contribution in [3.8, 4) is 0 Å². The molecule has 1 aliphatic rings. The minimum atomic E-state index is -0.586. The Hall–Kier alpha value is -4.34. The van der Waals surface area contributed by atoms with Crippen LogP contribution in [0.3, 0.4) is 0 Å². The van der Waals surface area contributed by atoms with Crippen molar-refractivity contribution >= 4 is 23.4 Å². The van der Waals surface area contributed by atoms with Gasteiger partial charge in [-0.15, -0.1) is 0 Å². The molecule has 5 rings (SSSR count). The average molecular weight is 490 g/mol. The van der Waals surface area contributed by atoms with E-state index in [2.05, 4.69) is 36.1 Å². The first kappa shape index (κ1) is 23.4. The van der Waals surface area contributed by atoms with Crippen molar-refractivity contribution < 1.29 is 13.6 Å². The van der Waals surface area contributed by atoms with E-state index in [-0.39, 0.29) is 30.1 Å². The Balaban J connectivity index is 1.39. The van der Waals surface area contributed by atoms with Gasteiger partial charge in [0.1, 0.15) is 11.6 Å². The molecule has 0 unspecified atom stereocenters. The molecule has 3 aromatic heterocycles. The number of halogens is 2. The zero-order chi connectivity index (χ0) is 25.1. The van der Waals surface area contributed by atoms with Gasteiger partial charge in [0.2, 0.25) is 0 Å². The van der Waals surface area contributed by atoms with E-state index in [0.717, 1.165) is 24.1 Å². The lowest BCUT2D eigenvalue weighted by Crippen LogP contribution is -2.24. The van der Waals surface area contributed by atoms with Crippen molar-refractivity contribution in [2.24, 2.45) is 0 Å². The summed E-state index contributed by atoms with van der Waals surface area (Å²) in [5.74, 6) is 0.0636. The van der Waals surface area contributed by atoms with Crippen LogP contribution in [0.4, 0.5) is 26.2 Å². The fourth-order valence-corrected chi connectivity index (χ4v) is 3.81. The van der Waals surface area contributed by atoms with Crippen molar-refractivity contribution in [3.05, 3.63) is 94.9 Å². The van der Waals surface area contributed by atoms with Crippen LogP contribution >= 0.6 is 0 Å². The summed E-state index contributed by atoms with van der Waals surface area (Å²) in [7, 11) is 0. The second-order valence-corrected chi connectivity index (χ2v) is 8.78.